The van der Waals surface area contributed by atoms with E-state index in [-0.39, 0.29) is 17.5 Å². The number of nitrogens with one attached hydrogen (secondary N) is 1. The molecule has 0 aliphatic carbocycles. The van der Waals surface area contributed by atoms with Crippen LogP contribution in [0.5, 0.6) is 0 Å². The van der Waals surface area contributed by atoms with Crippen LogP contribution in [0.15, 0.2) is 34.2 Å². The quantitative estimate of drug-likeness (QED) is 0.869. The molecule has 0 saturated carbocycles. The van der Waals surface area contributed by atoms with E-state index in [1.807, 2.05) is 13.8 Å². The molecule has 0 radical (unpaired) electrons. The van der Waals surface area contributed by atoms with Gasteiger partial charge in [0.15, 0.2) is 0 Å². The zero-order chi connectivity index (χ0) is 14.0. The van der Waals surface area contributed by atoms with Crippen molar-refractivity contribution in [2.75, 3.05) is 6.61 Å². The summed E-state index contributed by atoms with van der Waals surface area (Å²) in [6.45, 7) is 3.98. The van der Waals surface area contributed by atoms with Crippen LogP contribution < -0.4 is 4.72 Å². The molecule has 1 heterocycles. The summed E-state index contributed by atoms with van der Waals surface area (Å²) in [6, 6.07) is 6.43. The van der Waals surface area contributed by atoms with Crippen LogP contribution in [-0.4, -0.2) is 32.0 Å². The molecule has 0 bridgehead atoms. The van der Waals surface area contributed by atoms with Crippen molar-refractivity contribution in [2.45, 2.75) is 31.2 Å². The monoisotopic (exact) mass is 282 g/mol. The molecule has 1 aliphatic rings. The van der Waals surface area contributed by atoms with E-state index in [0.29, 0.717) is 23.7 Å². The highest BCUT2D eigenvalue weighted by molar-refractivity contribution is 7.90. The highest BCUT2D eigenvalue weighted by Crippen LogP contribution is 2.23. The molecule has 0 aromatic heterocycles. The van der Waals surface area contributed by atoms with Gasteiger partial charge in [0.25, 0.3) is 10.0 Å². The first-order chi connectivity index (χ1) is 8.94. The number of fused-ring (bicyclic) bond motifs is 1. The van der Waals surface area contributed by atoms with Gasteiger partial charge in [0, 0.05) is 5.56 Å². The molecule has 104 valence electrons. The number of aliphatic hydroxyl groups is 1. The summed E-state index contributed by atoms with van der Waals surface area (Å²) in [5, 5.41) is 9.33. The summed E-state index contributed by atoms with van der Waals surface area (Å²) < 4.78 is 26.2. The lowest BCUT2D eigenvalue weighted by Crippen LogP contribution is -2.25. The number of aliphatic hydroxyl groups excluding tert-OH is 1. The molecule has 1 aromatic carbocycles. The van der Waals surface area contributed by atoms with Crippen molar-refractivity contribution in [1.29, 1.82) is 0 Å². The molecule has 6 heteroatoms. The second-order valence-corrected chi connectivity index (χ2v) is 6.70. The highest BCUT2D eigenvalue weighted by Gasteiger charge is 2.30. The Hall–Kier alpha value is -1.40. The molecule has 0 spiro atoms. The molecule has 19 heavy (non-hydrogen) atoms. The van der Waals surface area contributed by atoms with Gasteiger partial charge in [-0.15, -0.1) is 0 Å². The van der Waals surface area contributed by atoms with Crippen LogP contribution in [-0.2, 0) is 10.0 Å². The number of sulfonamides is 1. The summed E-state index contributed by atoms with van der Waals surface area (Å²) in [5.74, 6) is 0.713. The predicted octanol–water partition coefficient (Wildman–Crippen LogP) is 1.13. The lowest BCUT2D eigenvalue weighted by Gasteiger charge is -2.12. The predicted molar refractivity (Wildman–Crippen MR) is 73.6 cm³/mol. The van der Waals surface area contributed by atoms with E-state index < -0.39 is 10.0 Å². The Morgan fingerprint density at radius 1 is 1.32 bits per heavy atom. The summed E-state index contributed by atoms with van der Waals surface area (Å²) in [7, 11) is -3.50. The van der Waals surface area contributed by atoms with E-state index in [2.05, 4.69) is 9.71 Å². The van der Waals surface area contributed by atoms with Crippen molar-refractivity contribution < 1.29 is 13.5 Å². The minimum absolute atomic E-state index is 0.0917. The number of hydrogen-bond acceptors (Lipinski definition) is 4. The Bertz CT molecular complexity index is 594. The van der Waals surface area contributed by atoms with Gasteiger partial charge in [0.1, 0.15) is 5.84 Å². The number of nitrogens with zero attached hydrogens (tertiary/aromatic N) is 1. The average Bonchev–Trinajstić information content (AvgIpc) is 2.60. The van der Waals surface area contributed by atoms with E-state index in [0.717, 1.165) is 0 Å². The summed E-state index contributed by atoms with van der Waals surface area (Å²) in [5.41, 5.74) is 0.574. The van der Waals surface area contributed by atoms with Crippen LogP contribution in [0.1, 0.15) is 25.8 Å². The van der Waals surface area contributed by atoms with Crippen molar-refractivity contribution >= 4 is 15.9 Å². The van der Waals surface area contributed by atoms with Gasteiger partial charge in [0.05, 0.1) is 17.5 Å². The third-order valence-corrected chi connectivity index (χ3v) is 4.33. The zero-order valence-electron chi connectivity index (χ0n) is 11.0. The van der Waals surface area contributed by atoms with E-state index in [1.54, 1.807) is 24.3 Å². The van der Waals surface area contributed by atoms with Crippen molar-refractivity contribution in [3.05, 3.63) is 29.8 Å². The fourth-order valence-corrected chi connectivity index (χ4v) is 3.36. The van der Waals surface area contributed by atoms with Crippen LogP contribution in [0.2, 0.25) is 0 Å². The van der Waals surface area contributed by atoms with Crippen molar-refractivity contribution in [1.82, 2.24) is 4.72 Å². The van der Waals surface area contributed by atoms with Crippen LogP contribution in [0.25, 0.3) is 0 Å². The van der Waals surface area contributed by atoms with Crippen LogP contribution in [0, 0.1) is 5.92 Å². The summed E-state index contributed by atoms with van der Waals surface area (Å²) in [6.07, 6.45) is 0.712. The second kappa shape index (κ2) is 5.30. The highest BCUT2D eigenvalue weighted by atomic mass is 32.2. The van der Waals surface area contributed by atoms with Crippen LogP contribution in [0.3, 0.4) is 0 Å². The third-order valence-electron chi connectivity index (χ3n) is 2.93. The first-order valence-corrected chi connectivity index (χ1v) is 7.73. The maximum absolute atomic E-state index is 11.9. The van der Waals surface area contributed by atoms with Crippen molar-refractivity contribution in [3.63, 3.8) is 0 Å². The SMILES string of the molecule is CC(C)CC(CO)N=C1NS(=O)(=O)c2ccccc21. The minimum Gasteiger partial charge on any atom is -0.394 e. The Morgan fingerprint density at radius 3 is 2.63 bits per heavy atom. The first kappa shape index (κ1) is 14.0. The molecule has 1 aromatic rings. The van der Waals surface area contributed by atoms with Gasteiger partial charge in [-0.3, -0.25) is 9.71 Å². The Balaban J connectivity index is 2.37. The van der Waals surface area contributed by atoms with E-state index in [9.17, 15) is 13.5 Å². The molecule has 0 saturated heterocycles. The van der Waals surface area contributed by atoms with Gasteiger partial charge in [-0.2, -0.15) is 0 Å². The normalized spacial score (nSPS) is 20.3. The molecule has 2 N–H and O–H groups in total. The Morgan fingerprint density at radius 2 is 2.00 bits per heavy atom. The van der Waals surface area contributed by atoms with Gasteiger partial charge < -0.3 is 5.11 Å². The molecule has 5 nitrogen and oxygen atoms in total. The molecule has 0 amide bonds. The Kier molecular flexibility index (Phi) is 3.91. The van der Waals surface area contributed by atoms with E-state index in [4.69, 9.17) is 0 Å². The standard InChI is InChI=1S/C13H18N2O3S/c1-9(2)7-10(8-16)14-13-11-5-3-4-6-12(11)19(17,18)15-13/h3-6,9-10,16H,7-8H2,1-2H3,(H,14,15). The lowest BCUT2D eigenvalue weighted by atomic mass is 10.0. The van der Waals surface area contributed by atoms with Gasteiger partial charge in [-0.1, -0.05) is 26.0 Å². The van der Waals surface area contributed by atoms with Gasteiger partial charge in [0.2, 0.25) is 0 Å². The number of benzene rings is 1. The third kappa shape index (κ3) is 2.96. The maximum atomic E-state index is 11.9. The van der Waals surface area contributed by atoms with Gasteiger partial charge >= 0.3 is 0 Å². The fourth-order valence-electron chi connectivity index (χ4n) is 2.12. The molecule has 1 aliphatic heterocycles. The molecular weight excluding hydrogens is 264 g/mol. The molecular formula is C13H18N2O3S. The fraction of sp³-hybridized carbons (Fsp3) is 0.462. The smallest absolute Gasteiger partial charge is 0.263 e. The number of rotatable bonds is 4. The lowest BCUT2D eigenvalue weighted by molar-refractivity contribution is 0.251. The maximum Gasteiger partial charge on any atom is 0.263 e. The first-order valence-electron chi connectivity index (χ1n) is 6.25. The molecule has 1 atom stereocenters. The number of amidine groups is 1. The largest absolute Gasteiger partial charge is 0.394 e. The number of aliphatic imine (C=N–C) groups is 1. The zero-order valence-corrected chi connectivity index (χ0v) is 11.8. The van der Waals surface area contributed by atoms with Crippen molar-refractivity contribution in [2.24, 2.45) is 10.9 Å². The van der Waals surface area contributed by atoms with Crippen LogP contribution in [0.4, 0.5) is 0 Å². The topological polar surface area (TPSA) is 78.8 Å². The van der Waals surface area contributed by atoms with Crippen LogP contribution >= 0.6 is 0 Å². The second-order valence-electron chi connectivity index (χ2n) is 5.05. The Labute approximate surface area is 113 Å². The molecule has 1 unspecified atom stereocenters. The average molecular weight is 282 g/mol. The minimum atomic E-state index is -3.50. The molecule has 2 rings (SSSR count). The van der Waals surface area contributed by atoms with Gasteiger partial charge in [-0.25, -0.2) is 8.42 Å². The molecule has 0 fully saturated rings. The summed E-state index contributed by atoms with van der Waals surface area (Å²) in [4.78, 5) is 4.59. The van der Waals surface area contributed by atoms with Gasteiger partial charge in [-0.05, 0) is 24.5 Å². The van der Waals surface area contributed by atoms with E-state index in [1.165, 1.54) is 0 Å². The number of hydrogen-bond donors (Lipinski definition) is 2. The van der Waals surface area contributed by atoms with E-state index >= 15 is 0 Å². The van der Waals surface area contributed by atoms with Crippen molar-refractivity contribution in [3.8, 4) is 0 Å². The summed E-state index contributed by atoms with van der Waals surface area (Å²) >= 11 is 0.